The number of hydrogen-bond acceptors (Lipinski definition) is 3. The molecule has 0 saturated heterocycles. The smallest absolute Gasteiger partial charge is 0.160 e. The summed E-state index contributed by atoms with van der Waals surface area (Å²) in [5.74, 6) is 0. The minimum absolute atomic E-state index is 0.406. The Morgan fingerprint density at radius 3 is 2.92 bits per heavy atom. The molecule has 1 heterocycles. The second-order valence-corrected chi connectivity index (χ2v) is 3.39. The van der Waals surface area contributed by atoms with Crippen molar-refractivity contribution < 1.29 is 0 Å². The Morgan fingerprint density at radius 1 is 1.42 bits per heavy atom. The van der Waals surface area contributed by atoms with E-state index in [0.29, 0.717) is 4.32 Å². The molecular formula is C7H5N3S2. The number of nitrogens with zero attached hydrogens (tertiary/aromatic N) is 3. The molecule has 0 radical (unpaired) electrons. The highest BCUT2D eigenvalue weighted by atomic mass is 32.1. The molecule has 0 amide bonds. The number of thiol groups is 1. The zero-order valence-corrected chi connectivity index (χ0v) is 7.72. The highest BCUT2D eigenvalue weighted by molar-refractivity contribution is 8.11. The van der Waals surface area contributed by atoms with Gasteiger partial charge in [0.05, 0.1) is 5.52 Å². The van der Waals surface area contributed by atoms with Crippen LogP contribution < -0.4 is 0 Å². The second kappa shape index (κ2) is 2.84. The predicted molar refractivity (Wildman–Crippen MR) is 54.5 cm³/mol. The maximum atomic E-state index is 4.87. The van der Waals surface area contributed by atoms with Gasteiger partial charge >= 0.3 is 0 Å². The molecule has 0 bridgehead atoms. The number of hydrogen-bond donors (Lipinski definition) is 1. The fourth-order valence-corrected chi connectivity index (χ4v) is 1.29. The van der Waals surface area contributed by atoms with E-state index in [1.54, 1.807) is 0 Å². The van der Waals surface area contributed by atoms with Crippen molar-refractivity contribution in [1.29, 1.82) is 0 Å². The SMILES string of the molecule is S=C(S)n1nnc2ccccc21. The summed E-state index contributed by atoms with van der Waals surface area (Å²) >= 11 is 8.89. The molecule has 0 unspecified atom stereocenters. The zero-order chi connectivity index (χ0) is 8.55. The molecule has 2 aromatic rings. The largest absolute Gasteiger partial charge is 0.196 e. The summed E-state index contributed by atoms with van der Waals surface area (Å²) in [6.45, 7) is 0. The van der Waals surface area contributed by atoms with Gasteiger partial charge in [0.2, 0.25) is 0 Å². The molecule has 60 valence electrons. The van der Waals surface area contributed by atoms with Crippen LogP contribution in [0, 0.1) is 0 Å². The lowest BCUT2D eigenvalue weighted by Gasteiger charge is -1.94. The maximum Gasteiger partial charge on any atom is 0.160 e. The van der Waals surface area contributed by atoms with Crippen LogP contribution in [0.1, 0.15) is 0 Å². The molecule has 0 aliphatic carbocycles. The lowest BCUT2D eigenvalue weighted by atomic mass is 10.3. The average molecular weight is 195 g/mol. The first kappa shape index (κ1) is 7.70. The van der Waals surface area contributed by atoms with Crippen LogP contribution in [0.15, 0.2) is 24.3 Å². The lowest BCUT2D eigenvalue weighted by molar-refractivity contribution is 0.881. The monoisotopic (exact) mass is 195 g/mol. The molecular weight excluding hydrogens is 190 g/mol. The topological polar surface area (TPSA) is 30.7 Å². The summed E-state index contributed by atoms with van der Waals surface area (Å²) in [5.41, 5.74) is 1.71. The highest BCUT2D eigenvalue weighted by Gasteiger charge is 2.03. The van der Waals surface area contributed by atoms with Crippen molar-refractivity contribution in [1.82, 2.24) is 15.0 Å². The number of benzene rings is 1. The molecule has 1 aromatic carbocycles. The molecule has 0 N–H and O–H groups in total. The molecule has 0 atom stereocenters. The fourth-order valence-electron chi connectivity index (χ4n) is 1.01. The molecule has 1 aromatic heterocycles. The Labute approximate surface area is 79.8 Å². The molecule has 0 fully saturated rings. The summed E-state index contributed by atoms with van der Waals surface area (Å²) < 4.78 is 1.93. The minimum Gasteiger partial charge on any atom is -0.196 e. The maximum absolute atomic E-state index is 4.87. The molecule has 2 rings (SSSR count). The van der Waals surface area contributed by atoms with E-state index in [9.17, 15) is 0 Å². The van der Waals surface area contributed by atoms with E-state index >= 15 is 0 Å². The first-order valence-electron chi connectivity index (χ1n) is 3.33. The first-order valence-corrected chi connectivity index (χ1v) is 4.18. The number of thiocarbonyl (C=S) groups is 1. The Morgan fingerprint density at radius 2 is 2.17 bits per heavy atom. The van der Waals surface area contributed by atoms with Crippen LogP contribution >= 0.6 is 24.8 Å². The summed E-state index contributed by atoms with van der Waals surface area (Å²) in [6.07, 6.45) is 0. The molecule has 0 aliphatic heterocycles. The molecule has 0 aliphatic rings. The number of aromatic nitrogens is 3. The molecule has 5 heteroatoms. The first-order chi connectivity index (χ1) is 5.79. The van der Waals surface area contributed by atoms with Crippen molar-refractivity contribution in [2.45, 2.75) is 0 Å². The second-order valence-electron chi connectivity index (χ2n) is 2.27. The zero-order valence-electron chi connectivity index (χ0n) is 6.01. The van der Waals surface area contributed by atoms with Gasteiger partial charge in [-0.15, -0.1) is 17.7 Å². The van der Waals surface area contributed by atoms with Gasteiger partial charge in [0.25, 0.3) is 0 Å². The van der Waals surface area contributed by atoms with Gasteiger partial charge in [0.1, 0.15) is 5.52 Å². The normalized spacial score (nSPS) is 10.4. The van der Waals surface area contributed by atoms with Crippen molar-refractivity contribution in [3.63, 3.8) is 0 Å². The van der Waals surface area contributed by atoms with Gasteiger partial charge in [-0.3, -0.25) is 0 Å². The summed E-state index contributed by atoms with van der Waals surface area (Å²) in [5, 5.41) is 7.76. The van der Waals surface area contributed by atoms with Crippen molar-refractivity contribution in [2.24, 2.45) is 0 Å². The Balaban J connectivity index is 2.79. The summed E-state index contributed by atoms with van der Waals surface area (Å²) in [4.78, 5) is 0. The van der Waals surface area contributed by atoms with E-state index in [1.165, 1.54) is 4.68 Å². The van der Waals surface area contributed by atoms with E-state index in [1.807, 2.05) is 24.3 Å². The Bertz CT molecular complexity index is 435. The van der Waals surface area contributed by atoms with Crippen molar-refractivity contribution >= 4 is 40.2 Å². The minimum atomic E-state index is 0.406. The van der Waals surface area contributed by atoms with Gasteiger partial charge in [-0.25, -0.2) is 0 Å². The van der Waals surface area contributed by atoms with Gasteiger partial charge in [-0.2, -0.15) is 4.68 Å². The quantitative estimate of drug-likeness (QED) is 0.510. The van der Waals surface area contributed by atoms with Crippen molar-refractivity contribution in [3.8, 4) is 0 Å². The average Bonchev–Trinajstić information content (AvgIpc) is 2.47. The molecule has 12 heavy (non-hydrogen) atoms. The van der Waals surface area contributed by atoms with Gasteiger partial charge in [-0.05, 0) is 12.1 Å². The van der Waals surface area contributed by atoms with Gasteiger partial charge in [0.15, 0.2) is 4.32 Å². The van der Waals surface area contributed by atoms with Crippen molar-refractivity contribution in [3.05, 3.63) is 24.3 Å². The van der Waals surface area contributed by atoms with Crippen LogP contribution in [0.25, 0.3) is 11.0 Å². The summed E-state index contributed by atoms with van der Waals surface area (Å²) in [6, 6.07) is 7.60. The lowest BCUT2D eigenvalue weighted by Crippen LogP contribution is -2.03. The summed E-state index contributed by atoms with van der Waals surface area (Å²) in [7, 11) is 0. The van der Waals surface area contributed by atoms with Crippen molar-refractivity contribution in [2.75, 3.05) is 0 Å². The van der Waals surface area contributed by atoms with Crippen LogP contribution in [0.4, 0.5) is 0 Å². The molecule has 0 spiro atoms. The van der Waals surface area contributed by atoms with E-state index in [2.05, 4.69) is 22.9 Å². The predicted octanol–water partition coefficient (Wildman–Crippen LogP) is 1.49. The third-order valence-electron chi connectivity index (χ3n) is 1.53. The van der Waals surface area contributed by atoms with Crippen LogP contribution in [0.2, 0.25) is 0 Å². The standard InChI is InChI=1S/C7H5N3S2/c11-7(12)10-6-4-2-1-3-5(6)8-9-10/h1-4H,(H,11,12). The van der Waals surface area contributed by atoms with Crippen LogP contribution in [0.5, 0.6) is 0 Å². The fraction of sp³-hybridized carbons (Fsp3) is 0. The molecule has 3 nitrogen and oxygen atoms in total. The van der Waals surface area contributed by atoms with Gasteiger partial charge in [0, 0.05) is 0 Å². The van der Waals surface area contributed by atoms with Crippen LogP contribution in [0.3, 0.4) is 0 Å². The highest BCUT2D eigenvalue weighted by Crippen LogP contribution is 2.10. The number of rotatable bonds is 0. The Kier molecular flexibility index (Phi) is 1.82. The van der Waals surface area contributed by atoms with Crippen LogP contribution in [-0.4, -0.2) is 19.3 Å². The number of para-hydroxylation sites is 1. The van der Waals surface area contributed by atoms with Gasteiger partial charge in [-0.1, -0.05) is 29.6 Å². The third-order valence-corrected chi connectivity index (χ3v) is 1.90. The number of fused-ring (bicyclic) bond motifs is 1. The Hall–Kier alpha value is -0.940. The third kappa shape index (κ3) is 1.11. The van der Waals surface area contributed by atoms with E-state index in [0.717, 1.165) is 11.0 Å². The molecule has 0 saturated carbocycles. The van der Waals surface area contributed by atoms with E-state index in [-0.39, 0.29) is 0 Å². The van der Waals surface area contributed by atoms with Crippen LogP contribution in [-0.2, 0) is 0 Å². The van der Waals surface area contributed by atoms with Gasteiger partial charge < -0.3 is 0 Å². The van der Waals surface area contributed by atoms with E-state index < -0.39 is 0 Å². The van der Waals surface area contributed by atoms with E-state index in [4.69, 9.17) is 12.2 Å².